The van der Waals surface area contributed by atoms with Crippen LogP contribution in [0.1, 0.15) is 48.2 Å². The first-order valence-electron chi connectivity index (χ1n) is 6.92. The van der Waals surface area contributed by atoms with Gasteiger partial charge in [0.25, 0.3) is 0 Å². The molecule has 1 atom stereocenters. The van der Waals surface area contributed by atoms with Crippen LogP contribution < -0.4 is 5.32 Å². The predicted octanol–water partition coefficient (Wildman–Crippen LogP) is 3.84. The van der Waals surface area contributed by atoms with Crippen molar-refractivity contribution in [1.82, 2.24) is 14.9 Å². The summed E-state index contributed by atoms with van der Waals surface area (Å²) in [6.07, 6.45) is 4.37. The van der Waals surface area contributed by atoms with Crippen molar-refractivity contribution in [2.45, 2.75) is 45.6 Å². The summed E-state index contributed by atoms with van der Waals surface area (Å²) in [5, 5.41) is 10.0. The Bertz CT molecular complexity index is 465. The van der Waals surface area contributed by atoms with Crippen molar-refractivity contribution in [1.29, 1.82) is 0 Å². The standard InChI is InChI=1S/C14H21N3S2/c1-3-9-15-13(8-7-11-6-5-10-18-11)14-12(4-2)16-17-19-14/h5-6,10,13,15H,3-4,7-9H2,1-2H3. The average Bonchev–Trinajstić information content (AvgIpc) is 3.09. The normalized spacial score (nSPS) is 12.7. The lowest BCUT2D eigenvalue weighted by atomic mass is 10.1. The van der Waals surface area contributed by atoms with E-state index >= 15 is 0 Å². The van der Waals surface area contributed by atoms with Gasteiger partial charge in [-0.15, -0.1) is 16.4 Å². The lowest BCUT2D eigenvalue weighted by Crippen LogP contribution is -2.22. The molecule has 2 heterocycles. The molecule has 1 unspecified atom stereocenters. The molecule has 104 valence electrons. The summed E-state index contributed by atoms with van der Waals surface area (Å²) >= 11 is 3.39. The summed E-state index contributed by atoms with van der Waals surface area (Å²) in [4.78, 5) is 2.78. The molecule has 0 bridgehead atoms. The Morgan fingerprint density at radius 1 is 1.37 bits per heavy atom. The van der Waals surface area contributed by atoms with Crippen LogP contribution in [-0.2, 0) is 12.8 Å². The quantitative estimate of drug-likeness (QED) is 0.804. The Hall–Kier alpha value is -0.780. The van der Waals surface area contributed by atoms with Gasteiger partial charge in [-0.3, -0.25) is 0 Å². The topological polar surface area (TPSA) is 37.8 Å². The molecule has 0 saturated heterocycles. The largest absolute Gasteiger partial charge is 0.309 e. The van der Waals surface area contributed by atoms with Gasteiger partial charge in [0.05, 0.1) is 10.6 Å². The average molecular weight is 295 g/mol. The lowest BCUT2D eigenvalue weighted by molar-refractivity contribution is 0.504. The number of aromatic nitrogens is 2. The maximum absolute atomic E-state index is 4.24. The molecule has 2 rings (SSSR count). The Morgan fingerprint density at radius 3 is 2.95 bits per heavy atom. The highest BCUT2D eigenvalue weighted by Crippen LogP contribution is 2.26. The van der Waals surface area contributed by atoms with Crippen LogP contribution in [0, 0.1) is 0 Å². The Labute approximate surface area is 123 Å². The second-order valence-corrected chi connectivity index (χ2v) is 6.38. The molecular weight excluding hydrogens is 274 g/mol. The van der Waals surface area contributed by atoms with Gasteiger partial charge in [-0.2, -0.15) is 0 Å². The van der Waals surface area contributed by atoms with E-state index in [0.717, 1.165) is 37.9 Å². The summed E-state index contributed by atoms with van der Waals surface area (Å²) < 4.78 is 4.12. The summed E-state index contributed by atoms with van der Waals surface area (Å²) in [5.41, 5.74) is 1.16. The molecule has 0 amide bonds. The molecule has 3 nitrogen and oxygen atoms in total. The molecule has 2 aromatic rings. The Kier molecular flexibility index (Phi) is 5.94. The van der Waals surface area contributed by atoms with Crippen LogP contribution in [0.25, 0.3) is 0 Å². The molecule has 0 saturated carbocycles. The van der Waals surface area contributed by atoms with Crippen LogP contribution in [-0.4, -0.2) is 16.1 Å². The molecule has 0 aliphatic carbocycles. The predicted molar refractivity (Wildman–Crippen MR) is 83.0 cm³/mol. The van der Waals surface area contributed by atoms with Crippen molar-refractivity contribution >= 4 is 22.9 Å². The van der Waals surface area contributed by atoms with E-state index in [2.05, 4.69) is 46.3 Å². The Balaban J connectivity index is 2.02. The first kappa shape index (κ1) is 14.6. The highest BCUT2D eigenvalue weighted by molar-refractivity contribution is 7.09. The zero-order valence-corrected chi connectivity index (χ0v) is 13.2. The van der Waals surface area contributed by atoms with Crippen molar-refractivity contribution in [3.63, 3.8) is 0 Å². The molecule has 5 heteroatoms. The van der Waals surface area contributed by atoms with Gasteiger partial charge in [-0.25, -0.2) is 0 Å². The van der Waals surface area contributed by atoms with Crippen molar-refractivity contribution in [3.05, 3.63) is 33.0 Å². The van der Waals surface area contributed by atoms with Crippen LogP contribution in [0.15, 0.2) is 17.5 Å². The van der Waals surface area contributed by atoms with Crippen molar-refractivity contribution in [2.75, 3.05) is 6.54 Å². The number of rotatable bonds is 8. The molecule has 0 aromatic carbocycles. The second kappa shape index (κ2) is 7.72. The highest BCUT2D eigenvalue weighted by atomic mass is 32.1. The fraction of sp³-hybridized carbons (Fsp3) is 0.571. The molecule has 0 spiro atoms. The lowest BCUT2D eigenvalue weighted by Gasteiger charge is -2.17. The number of nitrogens with zero attached hydrogens (tertiary/aromatic N) is 2. The van der Waals surface area contributed by atoms with Crippen LogP contribution >= 0.6 is 22.9 Å². The molecule has 2 aromatic heterocycles. The van der Waals surface area contributed by atoms with Gasteiger partial charge in [0.2, 0.25) is 0 Å². The third-order valence-corrected chi connectivity index (χ3v) is 4.95. The van der Waals surface area contributed by atoms with E-state index in [9.17, 15) is 0 Å². The van der Waals surface area contributed by atoms with E-state index in [1.807, 2.05) is 11.3 Å². The highest BCUT2D eigenvalue weighted by Gasteiger charge is 2.17. The van der Waals surface area contributed by atoms with Crippen LogP contribution in [0.4, 0.5) is 0 Å². The minimum atomic E-state index is 0.400. The summed E-state index contributed by atoms with van der Waals surface area (Å²) in [6, 6.07) is 4.74. The van der Waals surface area contributed by atoms with Gasteiger partial charge in [0, 0.05) is 10.9 Å². The molecule has 0 aliphatic heterocycles. The van der Waals surface area contributed by atoms with Gasteiger partial charge in [-0.05, 0) is 55.2 Å². The van der Waals surface area contributed by atoms with E-state index in [4.69, 9.17) is 0 Å². The van der Waals surface area contributed by atoms with E-state index in [1.165, 1.54) is 9.75 Å². The van der Waals surface area contributed by atoms with Crippen molar-refractivity contribution in [3.8, 4) is 0 Å². The number of hydrogen-bond donors (Lipinski definition) is 1. The van der Waals surface area contributed by atoms with Crippen LogP contribution in [0.2, 0.25) is 0 Å². The van der Waals surface area contributed by atoms with E-state index in [0.29, 0.717) is 6.04 Å². The SMILES string of the molecule is CCCNC(CCc1cccs1)c1snnc1CC. The smallest absolute Gasteiger partial charge is 0.0800 e. The molecule has 0 aliphatic rings. The first-order valence-corrected chi connectivity index (χ1v) is 8.57. The van der Waals surface area contributed by atoms with Crippen molar-refractivity contribution < 1.29 is 0 Å². The molecule has 19 heavy (non-hydrogen) atoms. The first-order chi connectivity index (χ1) is 9.35. The van der Waals surface area contributed by atoms with Crippen LogP contribution in [0.3, 0.4) is 0 Å². The molecule has 0 fully saturated rings. The van der Waals surface area contributed by atoms with Crippen LogP contribution in [0.5, 0.6) is 0 Å². The van der Waals surface area contributed by atoms with Crippen molar-refractivity contribution in [2.24, 2.45) is 0 Å². The Morgan fingerprint density at radius 2 is 2.26 bits per heavy atom. The van der Waals surface area contributed by atoms with E-state index in [-0.39, 0.29) is 0 Å². The van der Waals surface area contributed by atoms with Gasteiger partial charge in [0.15, 0.2) is 0 Å². The number of nitrogens with one attached hydrogen (secondary N) is 1. The summed E-state index contributed by atoms with van der Waals surface area (Å²) in [5.74, 6) is 0. The number of aryl methyl sites for hydroxylation is 2. The zero-order chi connectivity index (χ0) is 13.5. The van der Waals surface area contributed by atoms with Gasteiger partial charge < -0.3 is 5.32 Å². The third-order valence-electron chi connectivity index (χ3n) is 3.14. The fourth-order valence-corrected chi connectivity index (χ4v) is 3.68. The monoisotopic (exact) mass is 295 g/mol. The minimum Gasteiger partial charge on any atom is -0.309 e. The third kappa shape index (κ3) is 4.09. The van der Waals surface area contributed by atoms with Gasteiger partial charge in [-0.1, -0.05) is 24.4 Å². The van der Waals surface area contributed by atoms with E-state index < -0.39 is 0 Å². The van der Waals surface area contributed by atoms with E-state index in [1.54, 1.807) is 11.5 Å². The molecule has 0 radical (unpaired) electrons. The maximum Gasteiger partial charge on any atom is 0.0800 e. The second-order valence-electron chi connectivity index (χ2n) is 4.56. The minimum absolute atomic E-state index is 0.400. The number of thiophene rings is 1. The maximum atomic E-state index is 4.24. The summed E-state index contributed by atoms with van der Waals surface area (Å²) in [6.45, 7) is 5.40. The number of hydrogen-bond acceptors (Lipinski definition) is 5. The zero-order valence-electron chi connectivity index (χ0n) is 11.6. The fourth-order valence-electron chi connectivity index (χ4n) is 2.11. The molecule has 1 N–H and O–H groups in total. The van der Waals surface area contributed by atoms with Gasteiger partial charge >= 0.3 is 0 Å². The summed E-state index contributed by atoms with van der Waals surface area (Å²) in [7, 11) is 0. The van der Waals surface area contributed by atoms with Gasteiger partial charge in [0.1, 0.15) is 0 Å². The molecular formula is C14H21N3S2.